The monoisotopic (exact) mass is 167 g/mol. The summed E-state index contributed by atoms with van der Waals surface area (Å²) in [6, 6.07) is 0. The van der Waals surface area contributed by atoms with Crippen molar-refractivity contribution in [3.8, 4) is 0 Å². The van der Waals surface area contributed by atoms with Crippen LogP contribution in [0.25, 0.3) is 0 Å². The average Bonchev–Trinajstić information content (AvgIpc) is 2.07. The second kappa shape index (κ2) is 4.24. The van der Waals surface area contributed by atoms with Crippen LogP contribution in [0.1, 0.15) is 39.0 Å². The first-order valence-corrected chi connectivity index (χ1v) is 4.61. The second-order valence-corrected chi connectivity index (χ2v) is 3.49. The van der Waals surface area contributed by atoms with Gasteiger partial charge in [0.05, 0.1) is 0 Å². The van der Waals surface area contributed by atoms with Crippen LogP contribution >= 0.6 is 0 Å². The van der Waals surface area contributed by atoms with Crippen LogP contribution in [0.15, 0.2) is 4.99 Å². The Morgan fingerprint density at radius 2 is 2.17 bits per heavy atom. The first-order valence-electron chi connectivity index (χ1n) is 4.61. The Kier molecular flexibility index (Phi) is 3.26. The SMILES string of the molecule is CC1CCCCCC(N)=NC1=N. The van der Waals surface area contributed by atoms with Crippen molar-refractivity contribution in [1.82, 2.24) is 0 Å². The lowest BCUT2D eigenvalue weighted by atomic mass is 10.0. The predicted octanol–water partition coefficient (Wildman–Crippen LogP) is 1.92. The van der Waals surface area contributed by atoms with E-state index in [1.807, 2.05) is 6.92 Å². The highest BCUT2D eigenvalue weighted by Crippen LogP contribution is 2.14. The van der Waals surface area contributed by atoms with Crippen molar-refractivity contribution < 1.29 is 0 Å². The van der Waals surface area contributed by atoms with E-state index in [2.05, 4.69) is 4.99 Å². The molecule has 0 saturated carbocycles. The fourth-order valence-electron chi connectivity index (χ4n) is 1.39. The first-order chi connectivity index (χ1) is 5.70. The normalized spacial score (nSPS) is 26.9. The summed E-state index contributed by atoms with van der Waals surface area (Å²) in [5, 5.41) is 7.59. The summed E-state index contributed by atoms with van der Waals surface area (Å²) in [6.45, 7) is 2.05. The van der Waals surface area contributed by atoms with E-state index in [9.17, 15) is 0 Å². The first kappa shape index (κ1) is 9.23. The zero-order valence-corrected chi connectivity index (χ0v) is 7.64. The van der Waals surface area contributed by atoms with Crippen LogP contribution in [0.4, 0.5) is 0 Å². The Morgan fingerprint density at radius 3 is 2.92 bits per heavy atom. The highest BCUT2D eigenvalue weighted by Gasteiger charge is 2.10. The van der Waals surface area contributed by atoms with Crippen molar-refractivity contribution >= 4 is 11.7 Å². The van der Waals surface area contributed by atoms with Gasteiger partial charge in [0.1, 0.15) is 11.7 Å². The zero-order valence-electron chi connectivity index (χ0n) is 7.64. The molecule has 3 N–H and O–H groups in total. The fraction of sp³-hybridized carbons (Fsp3) is 0.778. The van der Waals surface area contributed by atoms with Crippen LogP contribution in [0.5, 0.6) is 0 Å². The van der Waals surface area contributed by atoms with E-state index < -0.39 is 0 Å². The van der Waals surface area contributed by atoms with Crippen LogP contribution in [-0.2, 0) is 0 Å². The molecule has 0 saturated heterocycles. The topological polar surface area (TPSA) is 62.2 Å². The Bertz CT molecular complexity index is 196. The van der Waals surface area contributed by atoms with E-state index in [4.69, 9.17) is 11.1 Å². The van der Waals surface area contributed by atoms with Gasteiger partial charge in [0.2, 0.25) is 0 Å². The molecular weight excluding hydrogens is 150 g/mol. The summed E-state index contributed by atoms with van der Waals surface area (Å²) >= 11 is 0. The molecular formula is C9H17N3. The summed E-state index contributed by atoms with van der Waals surface area (Å²) in [5.74, 6) is 1.37. The lowest BCUT2D eigenvalue weighted by molar-refractivity contribution is 0.591. The van der Waals surface area contributed by atoms with E-state index >= 15 is 0 Å². The number of nitrogens with zero attached hydrogens (tertiary/aromatic N) is 1. The number of rotatable bonds is 0. The molecule has 1 unspecified atom stereocenters. The summed E-state index contributed by atoms with van der Waals surface area (Å²) in [7, 11) is 0. The van der Waals surface area contributed by atoms with Gasteiger partial charge in [-0.25, -0.2) is 4.99 Å². The molecule has 0 amide bonds. The third-order valence-electron chi connectivity index (χ3n) is 2.30. The fourth-order valence-corrected chi connectivity index (χ4v) is 1.39. The Labute approximate surface area is 73.6 Å². The van der Waals surface area contributed by atoms with Crippen LogP contribution < -0.4 is 5.73 Å². The molecule has 3 heteroatoms. The molecule has 1 aliphatic heterocycles. The van der Waals surface area contributed by atoms with Gasteiger partial charge >= 0.3 is 0 Å². The van der Waals surface area contributed by atoms with Gasteiger partial charge in [-0.15, -0.1) is 0 Å². The molecule has 0 aromatic rings. The average molecular weight is 167 g/mol. The molecule has 0 radical (unpaired) electrons. The minimum Gasteiger partial charge on any atom is -0.387 e. The van der Waals surface area contributed by atoms with E-state index in [-0.39, 0.29) is 5.92 Å². The second-order valence-electron chi connectivity index (χ2n) is 3.49. The van der Waals surface area contributed by atoms with Crippen molar-refractivity contribution in [2.75, 3.05) is 0 Å². The quantitative estimate of drug-likeness (QED) is 0.569. The van der Waals surface area contributed by atoms with Crippen molar-refractivity contribution in [3.63, 3.8) is 0 Å². The number of hydrogen-bond donors (Lipinski definition) is 2. The highest BCUT2D eigenvalue weighted by molar-refractivity contribution is 5.95. The molecule has 0 aliphatic carbocycles. The summed E-state index contributed by atoms with van der Waals surface area (Å²) < 4.78 is 0. The molecule has 3 nitrogen and oxygen atoms in total. The largest absolute Gasteiger partial charge is 0.387 e. The highest BCUT2D eigenvalue weighted by atomic mass is 14.9. The Morgan fingerprint density at radius 1 is 1.42 bits per heavy atom. The molecule has 0 aromatic carbocycles. The smallest absolute Gasteiger partial charge is 0.125 e. The van der Waals surface area contributed by atoms with Crippen molar-refractivity contribution in [2.45, 2.75) is 39.0 Å². The Hall–Kier alpha value is -0.860. The van der Waals surface area contributed by atoms with Gasteiger partial charge in [-0.3, -0.25) is 5.41 Å². The maximum absolute atomic E-state index is 7.59. The van der Waals surface area contributed by atoms with E-state index in [0.29, 0.717) is 11.7 Å². The number of hydrogen-bond acceptors (Lipinski definition) is 2. The van der Waals surface area contributed by atoms with E-state index in [1.54, 1.807) is 0 Å². The standard InChI is InChI=1S/C9H17N3/c1-7-5-3-2-4-6-8(10)12-9(7)11/h7H,2-6H2,1H3,(H3,10,11,12). The number of nitrogens with two attached hydrogens (primary N) is 1. The van der Waals surface area contributed by atoms with Gasteiger partial charge in [-0.1, -0.05) is 19.8 Å². The van der Waals surface area contributed by atoms with E-state index in [0.717, 1.165) is 19.3 Å². The third-order valence-corrected chi connectivity index (χ3v) is 2.30. The molecule has 0 bridgehead atoms. The van der Waals surface area contributed by atoms with Gasteiger partial charge in [0.15, 0.2) is 0 Å². The summed E-state index contributed by atoms with van der Waals surface area (Å²) in [5.41, 5.74) is 5.64. The van der Waals surface area contributed by atoms with Crippen molar-refractivity contribution in [3.05, 3.63) is 0 Å². The molecule has 12 heavy (non-hydrogen) atoms. The third kappa shape index (κ3) is 2.64. The van der Waals surface area contributed by atoms with Crippen LogP contribution in [-0.4, -0.2) is 11.7 Å². The van der Waals surface area contributed by atoms with Crippen molar-refractivity contribution in [2.24, 2.45) is 16.6 Å². The van der Waals surface area contributed by atoms with E-state index in [1.165, 1.54) is 12.8 Å². The van der Waals surface area contributed by atoms with Crippen LogP contribution in [0, 0.1) is 11.3 Å². The molecule has 1 heterocycles. The van der Waals surface area contributed by atoms with Gasteiger partial charge in [0, 0.05) is 12.3 Å². The molecule has 0 fully saturated rings. The molecule has 0 spiro atoms. The van der Waals surface area contributed by atoms with Gasteiger partial charge in [0.25, 0.3) is 0 Å². The number of nitrogens with one attached hydrogen (secondary N) is 1. The lowest BCUT2D eigenvalue weighted by Crippen LogP contribution is -2.15. The minimum absolute atomic E-state index is 0.279. The van der Waals surface area contributed by atoms with Gasteiger partial charge in [-0.05, 0) is 12.8 Å². The minimum atomic E-state index is 0.279. The molecule has 68 valence electrons. The van der Waals surface area contributed by atoms with Gasteiger partial charge in [-0.2, -0.15) is 0 Å². The zero-order chi connectivity index (χ0) is 8.97. The maximum Gasteiger partial charge on any atom is 0.125 e. The molecule has 0 aromatic heterocycles. The van der Waals surface area contributed by atoms with Crippen molar-refractivity contribution in [1.29, 1.82) is 5.41 Å². The number of aliphatic imine (C=N–C) groups is 1. The number of amidine groups is 2. The van der Waals surface area contributed by atoms with Gasteiger partial charge < -0.3 is 5.73 Å². The van der Waals surface area contributed by atoms with Crippen LogP contribution in [0.2, 0.25) is 0 Å². The molecule has 1 atom stereocenters. The summed E-state index contributed by atoms with van der Waals surface area (Å²) in [4.78, 5) is 4.06. The summed E-state index contributed by atoms with van der Waals surface area (Å²) in [6.07, 6.45) is 5.47. The molecule has 1 aliphatic rings. The van der Waals surface area contributed by atoms with Crippen LogP contribution in [0.3, 0.4) is 0 Å². The predicted molar refractivity (Wildman–Crippen MR) is 51.6 cm³/mol. The molecule has 1 rings (SSSR count). The maximum atomic E-state index is 7.59. The lowest BCUT2D eigenvalue weighted by Gasteiger charge is -2.06. The Balaban J connectivity index is 2.63.